The van der Waals surface area contributed by atoms with E-state index in [0.29, 0.717) is 55.0 Å². The number of rotatable bonds is 9. The van der Waals surface area contributed by atoms with Gasteiger partial charge in [-0.15, -0.1) is 0 Å². The summed E-state index contributed by atoms with van der Waals surface area (Å²) in [7, 11) is 0. The third-order valence-corrected chi connectivity index (χ3v) is 11.5. The van der Waals surface area contributed by atoms with Crippen molar-refractivity contribution in [3.63, 3.8) is 0 Å². The number of fused-ring (bicyclic) bond motifs is 5. The summed E-state index contributed by atoms with van der Waals surface area (Å²) in [6, 6.07) is 0. The van der Waals surface area contributed by atoms with Gasteiger partial charge in [0.25, 0.3) is 0 Å². The first-order valence-electron chi connectivity index (χ1n) is 14.9. The Morgan fingerprint density at radius 2 is 1.58 bits per heavy atom. The lowest BCUT2D eigenvalue weighted by Crippen LogP contribution is -2.58. The first kappa shape index (κ1) is 27.9. The number of carbonyl (C=O) groups is 2. The van der Waals surface area contributed by atoms with Crippen LogP contribution in [-0.2, 0) is 9.59 Å². The lowest BCUT2D eigenvalue weighted by molar-refractivity contribution is -0.174. The normalized spacial score (nSPS) is 42.6. The molecule has 2 amide bonds. The molecule has 4 saturated carbocycles. The van der Waals surface area contributed by atoms with Gasteiger partial charge in [-0.2, -0.15) is 0 Å². The van der Waals surface area contributed by atoms with Crippen molar-refractivity contribution in [1.29, 1.82) is 0 Å². The fraction of sp³-hybridized carbons (Fsp3) is 0.933. The quantitative estimate of drug-likeness (QED) is 0.349. The van der Waals surface area contributed by atoms with Crippen LogP contribution in [0.5, 0.6) is 0 Å². The van der Waals surface area contributed by atoms with E-state index < -0.39 is 0 Å². The molecule has 4 N–H and O–H groups in total. The van der Waals surface area contributed by atoms with E-state index in [2.05, 4.69) is 31.4 Å². The van der Waals surface area contributed by atoms with Gasteiger partial charge < -0.3 is 20.8 Å². The Morgan fingerprint density at radius 3 is 2.31 bits per heavy atom. The smallest absolute Gasteiger partial charge is 0.220 e. The fourth-order valence-corrected chi connectivity index (χ4v) is 9.57. The van der Waals surface area contributed by atoms with Gasteiger partial charge in [0.1, 0.15) is 0 Å². The van der Waals surface area contributed by atoms with E-state index in [-0.39, 0.29) is 34.9 Å². The average Bonchev–Trinajstić information content (AvgIpc) is 3.18. The molecule has 10 atom stereocenters. The number of carbonyl (C=O) groups excluding carboxylic acids is 2. The van der Waals surface area contributed by atoms with Crippen molar-refractivity contribution >= 4 is 11.8 Å². The van der Waals surface area contributed by atoms with Crippen LogP contribution in [0.1, 0.15) is 105 Å². The molecule has 36 heavy (non-hydrogen) atoms. The molecule has 0 heterocycles. The van der Waals surface area contributed by atoms with Crippen LogP contribution in [0.4, 0.5) is 0 Å². The summed E-state index contributed by atoms with van der Waals surface area (Å²) in [4.78, 5) is 23.4. The molecule has 6 nitrogen and oxygen atoms in total. The van der Waals surface area contributed by atoms with Gasteiger partial charge in [0, 0.05) is 26.4 Å². The summed E-state index contributed by atoms with van der Waals surface area (Å²) < 4.78 is 0. The number of hydrogen-bond acceptors (Lipinski definition) is 4. The van der Waals surface area contributed by atoms with Gasteiger partial charge in [-0.3, -0.25) is 9.59 Å². The van der Waals surface area contributed by atoms with Crippen molar-refractivity contribution in [2.75, 3.05) is 13.1 Å². The second-order valence-electron chi connectivity index (χ2n) is 13.5. The molecule has 0 aromatic carbocycles. The van der Waals surface area contributed by atoms with Crippen molar-refractivity contribution in [1.82, 2.24) is 10.6 Å². The number of amides is 2. The molecule has 0 aliphatic heterocycles. The predicted molar refractivity (Wildman–Crippen MR) is 142 cm³/mol. The number of aliphatic hydroxyl groups excluding tert-OH is 2. The van der Waals surface area contributed by atoms with E-state index in [1.807, 2.05) is 0 Å². The first-order chi connectivity index (χ1) is 17.1. The van der Waals surface area contributed by atoms with Gasteiger partial charge in [0.2, 0.25) is 11.8 Å². The van der Waals surface area contributed by atoms with E-state index in [4.69, 9.17) is 0 Å². The molecule has 0 saturated heterocycles. The lowest BCUT2D eigenvalue weighted by atomic mass is 9.43. The maximum Gasteiger partial charge on any atom is 0.220 e. The fourth-order valence-electron chi connectivity index (χ4n) is 9.57. The van der Waals surface area contributed by atoms with Gasteiger partial charge in [-0.05, 0) is 117 Å². The van der Waals surface area contributed by atoms with Crippen LogP contribution in [0.3, 0.4) is 0 Å². The molecule has 0 radical (unpaired) electrons. The summed E-state index contributed by atoms with van der Waals surface area (Å²) in [5.74, 6) is 3.31. The van der Waals surface area contributed by atoms with Crippen LogP contribution in [0.15, 0.2) is 0 Å². The van der Waals surface area contributed by atoms with Crippen molar-refractivity contribution < 1.29 is 19.8 Å². The third-order valence-electron chi connectivity index (χ3n) is 11.5. The molecular weight excluding hydrogens is 452 g/mol. The summed E-state index contributed by atoms with van der Waals surface area (Å²) >= 11 is 0. The maximum atomic E-state index is 12.5. The Hall–Kier alpha value is -1.14. The van der Waals surface area contributed by atoms with E-state index in [1.165, 1.54) is 32.6 Å². The van der Waals surface area contributed by atoms with Crippen LogP contribution < -0.4 is 10.6 Å². The Kier molecular flexibility index (Phi) is 8.76. The number of nitrogens with one attached hydrogen (secondary N) is 2. The molecule has 0 aromatic heterocycles. The summed E-state index contributed by atoms with van der Waals surface area (Å²) in [5.41, 5.74) is 0.535. The van der Waals surface area contributed by atoms with Crippen molar-refractivity contribution in [3.05, 3.63) is 0 Å². The molecular formula is C30H52N2O4. The minimum Gasteiger partial charge on any atom is -0.393 e. The highest BCUT2D eigenvalue weighted by atomic mass is 16.3. The van der Waals surface area contributed by atoms with Crippen LogP contribution in [0.25, 0.3) is 0 Å². The highest BCUT2D eigenvalue weighted by Gasteiger charge is 2.62. The Labute approximate surface area is 218 Å². The Balaban J connectivity index is 1.30. The van der Waals surface area contributed by atoms with Crippen LogP contribution in [0, 0.1) is 46.3 Å². The van der Waals surface area contributed by atoms with Crippen molar-refractivity contribution in [2.24, 2.45) is 46.3 Å². The highest BCUT2D eigenvalue weighted by molar-refractivity contribution is 5.75. The third kappa shape index (κ3) is 5.50. The molecule has 206 valence electrons. The molecule has 4 aliphatic rings. The average molecular weight is 505 g/mol. The van der Waals surface area contributed by atoms with Crippen molar-refractivity contribution in [2.45, 2.75) is 117 Å². The van der Waals surface area contributed by atoms with E-state index in [9.17, 15) is 19.8 Å². The summed E-state index contributed by atoms with van der Waals surface area (Å²) in [5, 5.41) is 27.6. The zero-order chi connectivity index (χ0) is 26.1. The topological polar surface area (TPSA) is 98.7 Å². The van der Waals surface area contributed by atoms with Gasteiger partial charge in [0.15, 0.2) is 0 Å². The number of hydrogen-bond donors (Lipinski definition) is 4. The molecule has 4 fully saturated rings. The van der Waals surface area contributed by atoms with E-state index in [0.717, 1.165) is 44.9 Å². The Morgan fingerprint density at radius 1 is 0.917 bits per heavy atom. The molecule has 6 heteroatoms. The van der Waals surface area contributed by atoms with Crippen molar-refractivity contribution in [3.8, 4) is 0 Å². The molecule has 0 spiro atoms. The van der Waals surface area contributed by atoms with E-state index >= 15 is 0 Å². The lowest BCUT2D eigenvalue weighted by Gasteiger charge is -2.62. The molecule has 4 rings (SSSR count). The zero-order valence-corrected chi connectivity index (χ0v) is 23.2. The van der Waals surface area contributed by atoms with Gasteiger partial charge in [-0.25, -0.2) is 0 Å². The van der Waals surface area contributed by atoms with Crippen LogP contribution in [-0.4, -0.2) is 47.3 Å². The Bertz CT molecular complexity index is 789. The number of aliphatic hydroxyl groups is 2. The van der Waals surface area contributed by atoms with Crippen LogP contribution >= 0.6 is 0 Å². The summed E-state index contributed by atoms with van der Waals surface area (Å²) in [6.07, 6.45) is 11.5. The largest absolute Gasteiger partial charge is 0.393 e. The molecule has 0 aromatic rings. The van der Waals surface area contributed by atoms with Gasteiger partial charge >= 0.3 is 0 Å². The van der Waals surface area contributed by atoms with Gasteiger partial charge in [-0.1, -0.05) is 20.8 Å². The number of unbranched alkanes of at least 4 members (excludes halogenated alkanes) is 1. The molecule has 4 aliphatic carbocycles. The zero-order valence-electron chi connectivity index (χ0n) is 23.2. The minimum absolute atomic E-state index is 0.00503. The highest BCUT2D eigenvalue weighted by Crippen LogP contribution is 2.68. The first-order valence-corrected chi connectivity index (χ1v) is 14.9. The second kappa shape index (κ2) is 11.3. The standard InChI is InChI=1S/C30H52N2O4/c1-19(7-10-27(36)32-16-6-5-15-31-20(2)33)23-8-9-24-28-25(12-14-30(23,24)4)29(3)13-11-22(34)17-21(29)18-26(28)35/h19,21-26,28,34-35H,5-18H2,1-4H3,(H,31,33)(H,32,36)/t19-,21+,22-,23-,24+,25+,26-,28+,29+,30-/m1/s1. The second-order valence-corrected chi connectivity index (χ2v) is 13.5. The predicted octanol–water partition coefficient (Wildman–Crippen LogP) is 4.43. The summed E-state index contributed by atoms with van der Waals surface area (Å²) in [6.45, 7) is 10.2. The molecule has 0 bridgehead atoms. The maximum absolute atomic E-state index is 12.5. The van der Waals surface area contributed by atoms with E-state index in [1.54, 1.807) is 0 Å². The molecule has 0 unspecified atom stereocenters. The minimum atomic E-state index is -0.228. The van der Waals surface area contributed by atoms with Crippen LogP contribution in [0.2, 0.25) is 0 Å². The SMILES string of the molecule is CC(=O)NCCCCNC(=O)CC[C@@H](C)[C@H]1CC[C@H]2[C@@H]3[C@H](O)C[C@@H]4C[C@H](O)CC[C@]4(C)[C@H]3CC[C@]12C. The monoisotopic (exact) mass is 504 g/mol. The van der Waals surface area contributed by atoms with Gasteiger partial charge in [0.05, 0.1) is 12.2 Å².